The van der Waals surface area contributed by atoms with Crippen LogP contribution in [0.1, 0.15) is 40.4 Å². The van der Waals surface area contributed by atoms with E-state index in [1.165, 1.54) is 17.0 Å². The summed E-state index contributed by atoms with van der Waals surface area (Å²) in [5, 5.41) is 2.88. The second-order valence-electron chi connectivity index (χ2n) is 4.75. The molecule has 24 heavy (non-hydrogen) atoms. The van der Waals surface area contributed by atoms with Gasteiger partial charge in [-0.1, -0.05) is 6.07 Å². The molecule has 2 rings (SSSR count). The van der Waals surface area contributed by atoms with Gasteiger partial charge in [0.2, 0.25) is 0 Å². The first kappa shape index (κ1) is 17.3. The number of imidazole rings is 1. The molecule has 0 spiro atoms. The number of nitroso groups, excluding NO2 is 1. The Kier molecular flexibility index (Phi) is 5.41. The van der Waals surface area contributed by atoms with Crippen LogP contribution >= 0.6 is 0 Å². The van der Waals surface area contributed by atoms with Gasteiger partial charge in [0.15, 0.2) is 5.69 Å². The SMILES string of the molecule is CCOC(=O)c1ncn(-c2cccc(N=O)c2C(=O)OCC)c1C. The molecule has 0 aliphatic rings. The third-order valence-electron chi connectivity index (χ3n) is 3.33. The molecule has 0 fully saturated rings. The van der Waals surface area contributed by atoms with Gasteiger partial charge in [0.05, 0.1) is 24.6 Å². The fraction of sp³-hybridized carbons (Fsp3) is 0.312. The van der Waals surface area contributed by atoms with Crippen LogP contribution in [-0.2, 0) is 9.47 Å². The van der Waals surface area contributed by atoms with Crippen LogP contribution in [-0.4, -0.2) is 34.7 Å². The highest BCUT2D eigenvalue weighted by molar-refractivity contribution is 5.99. The zero-order valence-corrected chi connectivity index (χ0v) is 13.6. The Morgan fingerprint density at radius 1 is 1.17 bits per heavy atom. The first-order valence-electron chi connectivity index (χ1n) is 7.40. The number of hydrogen-bond acceptors (Lipinski definition) is 7. The van der Waals surface area contributed by atoms with E-state index in [-0.39, 0.29) is 30.2 Å². The Bertz CT molecular complexity index is 782. The van der Waals surface area contributed by atoms with Crippen LogP contribution in [0.5, 0.6) is 0 Å². The molecule has 126 valence electrons. The lowest BCUT2D eigenvalue weighted by atomic mass is 10.1. The molecule has 1 aromatic carbocycles. The van der Waals surface area contributed by atoms with E-state index in [2.05, 4.69) is 10.2 Å². The monoisotopic (exact) mass is 331 g/mol. The maximum absolute atomic E-state index is 12.2. The summed E-state index contributed by atoms with van der Waals surface area (Å²) in [7, 11) is 0. The number of nitrogens with zero attached hydrogens (tertiary/aromatic N) is 3. The largest absolute Gasteiger partial charge is 0.462 e. The first-order valence-corrected chi connectivity index (χ1v) is 7.40. The average molecular weight is 331 g/mol. The van der Waals surface area contributed by atoms with Crippen molar-refractivity contribution < 1.29 is 19.1 Å². The van der Waals surface area contributed by atoms with E-state index >= 15 is 0 Å². The van der Waals surface area contributed by atoms with Gasteiger partial charge in [-0.05, 0) is 38.1 Å². The summed E-state index contributed by atoms with van der Waals surface area (Å²) in [4.78, 5) is 39.2. The van der Waals surface area contributed by atoms with Crippen molar-refractivity contribution in [1.82, 2.24) is 9.55 Å². The predicted octanol–water partition coefficient (Wildman–Crippen LogP) is 2.93. The molecule has 0 saturated carbocycles. The number of benzene rings is 1. The van der Waals surface area contributed by atoms with E-state index in [1.807, 2.05) is 0 Å². The van der Waals surface area contributed by atoms with Crippen molar-refractivity contribution in [3.05, 3.63) is 46.4 Å². The fourth-order valence-electron chi connectivity index (χ4n) is 2.27. The van der Waals surface area contributed by atoms with Gasteiger partial charge in [0.1, 0.15) is 17.6 Å². The number of hydrogen-bond donors (Lipinski definition) is 0. The van der Waals surface area contributed by atoms with E-state index < -0.39 is 11.9 Å². The summed E-state index contributed by atoms with van der Waals surface area (Å²) < 4.78 is 11.5. The number of ether oxygens (including phenoxy) is 2. The molecule has 0 radical (unpaired) electrons. The van der Waals surface area contributed by atoms with Crippen molar-refractivity contribution >= 4 is 17.6 Å². The van der Waals surface area contributed by atoms with Crippen molar-refractivity contribution in [2.45, 2.75) is 20.8 Å². The standard InChI is InChI=1S/C16H17N3O5/c1-4-23-15(20)13-11(18-22)7-6-8-12(13)19-9-17-14(10(19)3)16(21)24-5-2/h6-9H,4-5H2,1-3H3. The van der Waals surface area contributed by atoms with Crippen LogP contribution in [0.15, 0.2) is 29.7 Å². The number of rotatable bonds is 6. The minimum atomic E-state index is -0.673. The fourth-order valence-corrected chi connectivity index (χ4v) is 2.27. The highest BCUT2D eigenvalue weighted by Crippen LogP contribution is 2.28. The molecule has 2 aromatic rings. The van der Waals surface area contributed by atoms with Gasteiger partial charge < -0.3 is 14.0 Å². The van der Waals surface area contributed by atoms with E-state index in [1.54, 1.807) is 32.9 Å². The van der Waals surface area contributed by atoms with Crippen LogP contribution in [0.4, 0.5) is 5.69 Å². The van der Waals surface area contributed by atoms with Crippen LogP contribution < -0.4 is 0 Å². The molecule has 8 nitrogen and oxygen atoms in total. The predicted molar refractivity (Wildman–Crippen MR) is 85.7 cm³/mol. The third-order valence-corrected chi connectivity index (χ3v) is 3.33. The Morgan fingerprint density at radius 2 is 1.83 bits per heavy atom. The molecular weight excluding hydrogens is 314 g/mol. The second kappa shape index (κ2) is 7.49. The van der Waals surface area contributed by atoms with E-state index in [9.17, 15) is 14.5 Å². The maximum Gasteiger partial charge on any atom is 0.358 e. The lowest BCUT2D eigenvalue weighted by molar-refractivity contribution is 0.0513. The molecule has 1 aromatic heterocycles. The first-order chi connectivity index (χ1) is 11.5. The van der Waals surface area contributed by atoms with Gasteiger partial charge in [-0.3, -0.25) is 0 Å². The van der Waals surface area contributed by atoms with Crippen molar-refractivity contribution in [2.24, 2.45) is 5.18 Å². The Hall–Kier alpha value is -3.03. The quantitative estimate of drug-likeness (QED) is 0.596. The van der Waals surface area contributed by atoms with E-state index in [0.29, 0.717) is 11.4 Å². The van der Waals surface area contributed by atoms with Gasteiger partial charge in [0, 0.05) is 0 Å². The molecule has 1 heterocycles. The van der Waals surface area contributed by atoms with Gasteiger partial charge in [-0.25, -0.2) is 14.6 Å². The number of esters is 2. The molecule has 8 heteroatoms. The molecule has 0 unspecified atom stereocenters. The summed E-state index contributed by atoms with van der Waals surface area (Å²) in [6.07, 6.45) is 1.38. The zero-order chi connectivity index (χ0) is 17.7. The number of carbonyl (C=O) groups is 2. The van der Waals surface area contributed by atoms with Crippen molar-refractivity contribution in [3.8, 4) is 5.69 Å². The zero-order valence-electron chi connectivity index (χ0n) is 13.6. The van der Waals surface area contributed by atoms with Crippen LogP contribution in [0, 0.1) is 11.8 Å². The molecule has 0 amide bonds. The van der Waals surface area contributed by atoms with Gasteiger partial charge in [-0.15, -0.1) is 4.91 Å². The number of aromatic nitrogens is 2. The highest BCUT2D eigenvalue weighted by Gasteiger charge is 2.23. The van der Waals surface area contributed by atoms with Crippen LogP contribution in [0.3, 0.4) is 0 Å². The minimum Gasteiger partial charge on any atom is -0.462 e. The molecule has 0 aliphatic heterocycles. The van der Waals surface area contributed by atoms with E-state index in [0.717, 1.165) is 0 Å². The van der Waals surface area contributed by atoms with Gasteiger partial charge >= 0.3 is 11.9 Å². The highest BCUT2D eigenvalue weighted by atomic mass is 16.5. The minimum absolute atomic E-state index is 0.0188. The lowest BCUT2D eigenvalue weighted by Gasteiger charge is -2.12. The summed E-state index contributed by atoms with van der Waals surface area (Å²) in [6.45, 7) is 5.40. The molecule has 0 aliphatic carbocycles. The molecular formula is C16H17N3O5. The van der Waals surface area contributed by atoms with Crippen LogP contribution in [0.25, 0.3) is 5.69 Å². The topological polar surface area (TPSA) is 99.9 Å². The summed E-state index contributed by atoms with van der Waals surface area (Å²) >= 11 is 0. The maximum atomic E-state index is 12.2. The van der Waals surface area contributed by atoms with Crippen molar-refractivity contribution in [3.63, 3.8) is 0 Å². The third kappa shape index (κ3) is 3.17. The van der Waals surface area contributed by atoms with Crippen molar-refractivity contribution in [2.75, 3.05) is 13.2 Å². The van der Waals surface area contributed by atoms with Gasteiger partial charge in [0.25, 0.3) is 0 Å². The second-order valence-corrected chi connectivity index (χ2v) is 4.75. The number of carbonyl (C=O) groups excluding carboxylic acids is 2. The lowest BCUT2D eigenvalue weighted by Crippen LogP contribution is -2.11. The van der Waals surface area contributed by atoms with Crippen LogP contribution in [0.2, 0.25) is 0 Å². The molecule has 0 N–H and O–H groups in total. The Balaban J connectivity index is 2.59. The average Bonchev–Trinajstić information content (AvgIpc) is 2.96. The summed E-state index contributed by atoms with van der Waals surface area (Å²) in [5.74, 6) is -1.23. The smallest absolute Gasteiger partial charge is 0.358 e. The molecule has 0 atom stereocenters. The summed E-state index contributed by atoms with van der Waals surface area (Å²) in [6, 6.07) is 4.62. The molecule has 0 saturated heterocycles. The normalized spacial score (nSPS) is 10.3. The Morgan fingerprint density at radius 3 is 2.46 bits per heavy atom. The Labute approximate surface area is 138 Å². The molecule has 0 bridgehead atoms. The summed E-state index contributed by atoms with van der Waals surface area (Å²) in [5.41, 5.74) is 0.936. The van der Waals surface area contributed by atoms with Gasteiger partial charge in [-0.2, -0.15) is 0 Å². The van der Waals surface area contributed by atoms with Crippen molar-refractivity contribution in [1.29, 1.82) is 0 Å². The van der Waals surface area contributed by atoms with E-state index in [4.69, 9.17) is 9.47 Å².